The molecule has 8 nitrogen and oxygen atoms in total. The summed E-state index contributed by atoms with van der Waals surface area (Å²) in [6, 6.07) is 6.86. The van der Waals surface area contributed by atoms with Gasteiger partial charge in [0.25, 0.3) is 0 Å². The van der Waals surface area contributed by atoms with Gasteiger partial charge in [-0.1, -0.05) is 24.2 Å². The van der Waals surface area contributed by atoms with Crippen molar-refractivity contribution in [3.05, 3.63) is 36.3 Å². The minimum absolute atomic E-state index is 0.321. The van der Waals surface area contributed by atoms with Crippen LogP contribution in [0.3, 0.4) is 0 Å². The first-order valence-corrected chi connectivity index (χ1v) is 12.3. The van der Waals surface area contributed by atoms with Crippen LogP contribution in [0.15, 0.2) is 30.6 Å². The number of aryl methyl sites for hydroxylation is 1. The molecule has 0 atom stereocenters. The van der Waals surface area contributed by atoms with Crippen LogP contribution in [0.4, 0.5) is 22.6 Å². The third kappa shape index (κ3) is 4.83. The fraction of sp³-hybridized carbons (Fsp3) is 0.478. The van der Waals surface area contributed by atoms with E-state index in [9.17, 15) is 0 Å². The minimum atomic E-state index is 0.321. The van der Waals surface area contributed by atoms with Crippen molar-refractivity contribution in [2.45, 2.75) is 57.5 Å². The van der Waals surface area contributed by atoms with Crippen LogP contribution in [-0.2, 0) is 0 Å². The highest BCUT2D eigenvalue weighted by molar-refractivity contribution is 7.19. The van der Waals surface area contributed by atoms with Gasteiger partial charge in [0.2, 0.25) is 5.95 Å². The number of hydrogen-bond acceptors (Lipinski definition) is 9. The lowest BCUT2D eigenvalue weighted by Gasteiger charge is -2.31. The highest BCUT2D eigenvalue weighted by Crippen LogP contribution is 2.33. The van der Waals surface area contributed by atoms with Crippen LogP contribution in [0.25, 0.3) is 10.6 Å². The average Bonchev–Trinajstić information content (AvgIpc) is 3.45. The predicted octanol–water partition coefficient (Wildman–Crippen LogP) is 4.33. The van der Waals surface area contributed by atoms with E-state index < -0.39 is 0 Å². The summed E-state index contributed by atoms with van der Waals surface area (Å²) in [7, 11) is 0. The molecule has 3 aromatic heterocycles. The number of thiazole rings is 1. The number of nitrogens with one attached hydrogen (secondary N) is 2. The lowest BCUT2D eigenvalue weighted by atomic mass is 10.1. The molecular formula is C23H30N8S. The molecule has 9 heteroatoms. The van der Waals surface area contributed by atoms with Gasteiger partial charge >= 0.3 is 0 Å². The van der Waals surface area contributed by atoms with Gasteiger partial charge in [-0.25, -0.2) is 19.9 Å². The van der Waals surface area contributed by atoms with E-state index in [1.54, 1.807) is 17.5 Å². The van der Waals surface area contributed by atoms with E-state index in [4.69, 9.17) is 15.7 Å². The van der Waals surface area contributed by atoms with E-state index in [0.29, 0.717) is 18.0 Å². The Hall–Kier alpha value is -2.78. The van der Waals surface area contributed by atoms with Gasteiger partial charge in [-0.2, -0.15) is 0 Å². The molecule has 1 aliphatic carbocycles. The Balaban J connectivity index is 1.27. The molecule has 0 unspecified atom stereocenters. The van der Waals surface area contributed by atoms with Crippen molar-refractivity contribution < 1.29 is 0 Å². The van der Waals surface area contributed by atoms with Gasteiger partial charge in [-0.3, -0.25) is 0 Å². The largest absolute Gasteiger partial charge is 0.370 e. The van der Waals surface area contributed by atoms with E-state index in [0.717, 1.165) is 58.8 Å². The number of anilines is 4. The quantitative estimate of drug-likeness (QED) is 0.510. The van der Waals surface area contributed by atoms with E-state index in [2.05, 4.69) is 31.6 Å². The molecule has 32 heavy (non-hydrogen) atoms. The fourth-order valence-corrected chi connectivity index (χ4v) is 5.42. The summed E-state index contributed by atoms with van der Waals surface area (Å²) in [4.78, 5) is 21.8. The van der Waals surface area contributed by atoms with Crippen LogP contribution in [0.2, 0.25) is 0 Å². The lowest BCUT2D eigenvalue weighted by molar-refractivity contribution is 0.501. The number of hydrogen-bond donors (Lipinski definition) is 3. The zero-order valence-electron chi connectivity index (χ0n) is 18.4. The standard InChI is InChI=1S/C23H30N8S/c1-15-21(32-23(27-15)28-17-4-2-3-5-17)19-8-11-25-22(29-19)30-20-7-6-18(14-26-20)31-12-9-16(24)10-13-31/h6-8,11,14,16-17H,2-5,9-10,12-13,24H2,1H3,(H,27,28)(H,25,26,29,30). The second kappa shape index (κ2) is 9.38. The number of rotatable bonds is 6. The Kier molecular flexibility index (Phi) is 6.18. The molecule has 0 spiro atoms. The van der Waals surface area contributed by atoms with Crippen LogP contribution < -0.4 is 21.3 Å². The Bertz CT molecular complexity index is 1040. The maximum Gasteiger partial charge on any atom is 0.228 e. The second-order valence-corrected chi connectivity index (χ2v) is 9.67. The molecule has 168 valence electrons. The molecule has 1 aliphatic heterocycles. The molecule has 2 fully saturated rings. The molecule has 4 N–H and O–H groups in total. The van der Waals surface area contributed by atoms with Gasteiger partial charge in [0.05, 0.1) is 28.1 Å². The topological polar surface area (TPSA) is 105 Å². The first-order chi connectivity index (χ1) is 15.6. The highest BCUT2D eigenvalue weighted by atomic mass is 32.1. The van der Waals surface area contributed by atoms with E-state index in [-0.39, 0.29) is 0 Å². The molecule has 0 radical (unpaired) electrons. The third-order valence-corrected chi connectivity index (χ3v) is 7.37. The molecule has 0 aromatic carbocycles. The Morgan fingerprint density at radius 3 is 2.59 bits per heavy atom. The maximum atomic E-state index is 6.01. The van der Waals surface area contributed by atoms with Gasteiger partial charge in [-0.05, 0) is 50.8 Å². The van der Waals surface area contributed by atoms with Crippen LogP contribution in [-0.4, -0.2) is 45.1 Å². The van der Waals surface area contributed by atoms with E-state index >= 15 is 0 Å². The molecule has 1 saturated carbocycles. The van der Waals surface area contributed by atoms with Crippen molar-refractivity contribution in [3.63, 3.8) is 0 Å². The number of nitrogens with zero attached hydrogens (tertiary/aromatic N) is 5. The Morgan fingerprint density at radius 2 is 1.84 bits per heavy atom. The molecule has 1 saturated heterocycles. The van der Waals surface area contributed by atoms with Crippen LogP contribution in [0.1, 0.15) is 44.2 Å². The smallest absolute Gasteiger partial charge is 0.228 e. The summed E-state index contributed by atoms with van der Waals surface area (Å²) in [5, 5.41) is 7.80. The van der Waals surface area contributed by atoms with Crippen molar-refractivity contribution in [3.8, 4) is 10.6 Å². The summed E-state index contributed by atoms with van der Waals surface area (Å²) in [6.07, 6.45) is 10.8. The number of pyridine rings is 1. The summed E-state index contributed by atoms with van der Waals surface area (Å²) in [5.41, 5.74) is 9.00. The van der Waals surface area contributed by atoms with Crippen molar-refractivity contribution in [1.29, 1.82) is 0 Å². The molecule has 0 bridgehead atoms. The normalized spacial score (nSPS) is 17.6. The van der Waals surface area contributed by atoms with Gasteiger partial charge in [-0.15, -0.1) is 0 Å². The Morgan fingerprint density at radius 1 is 1.03 bits per heavy atom. The van der Waals surface area contributed by atoms with Crippen molar-refractivity contribution in [2.75, 3.05) is 28.6 Å². The van der Waals surface area contributed by atoms with E-state index in [1.807, 2.05) is 25.3 Å². The highest BCUT2D eigenvalue weighted by Gasteiger charge is 2.19. The summed E-state index contributed by atoms with van der Waals surface area (Å²) < 4.78 is 0. The summed E-state index contributed by atoms with van der Waals surface area (Å²) >= 11 is 1.66. The molecule has 4 heterocycles. The predicted molar refractivity (Wildman–Crippen MR) is 131 cm³/mol. The zero-order chi connectivity index (χ0) is 21.9. The minimum Gasteiger partial charge on any atom is -0.370 e. The zero-order valence-corrected chi connectivity index (χ0v) is 19.2. The molecule has 2 aliphatic rings. The van der Waals surface area contributed by atoms with Crippen LogP contribution in [0.5, 0.6) is 0 Å². The molecule has 0 amide bonds. The molecule has 3 aromatic rings. The molecular weight excluding hydrogens is 420 g/mol. The van der Waals surface area contributed by atoms with E-state index in [1.165, 1.54) is 25.7 Å². The van der Waals surface area contributed by atoms with Gasteiger partial charge in [0.1, 0.15) is 5.82 Å². The second-order valence-electron chi connectivity index (χ2n) is 8.68. The summed E-state index contributed by atoms with van der Waals surface area (Å²) in [5.74, 6) is 1.26. The monoisotopic (exact) mass is 450 g/mol. The first kappa shape index (κ1) is 21.1. The van der Waals surface area contributed by atoms with Gasteiger partial charge in [0.15, 0.2) is 5.13 Å². The lowest BCUT2D eigenvalue weighted by Crippen LogP contribution is -2.39. The SMILES string of the molecule is Cc1nc(NC2CCCC2)sc1-c1ccnc(Nc2ccc(N3CCC(N)CC3)cn2)n1. The maximum absolute atomic E-state index is 6.01. The number of aromatic nitrogens is 4. The van der Waals surface area contributed by atoms with Crippen LogP contribution in [0, 0.1) is 6.92 Å². The van der Waals surface area contributed by atoms with Crippen LogP contribution >= 0.6 is 11.3 Å². The number of nitrogens with two attached hydrogens (primary N) is 1. The first-order valence-electron chi connectivity index (χ1n) is 11.4. The fourth-order valence-electron chi connectivity index (χ4n) is 4.41. The van der Waals surface area contributed by atoms with Crippen molar-refractivity contribution >= 4 is 33.9 Å². The number of piperidine rings is 1. The Labute approximate surface area is 192 Å². The average molecular weight is 451 g/mol. The van der Waals surface area contributed by atoms with Crippen molar-refractivity contribution in [1.82, 2.24) is 19.9 Å². The van der Waals surface area contributed by atoms with Crippen molar-refractivity contribution in [2.24, 2.45) is 5.73 Å². The van der Waals surface area contributed by atoms with Gasteiger partial charge < -0.3 is 21.3 Å². The van der Waals surface area contributed by atoms with Gasteiger partial charge in [0, 0.05) is 31.4 Å². The summed E-state index contributed by atoms with van der Waals surface area (Å²) in [6.45, 7) is 3.99. The molecule has 5 rings (SSSR count). The third-order valence-electron chi connectivity index (χ3n) is 6.26.